The highest BCUT2D eigenvalue weighted by Crippen LogP contribution is 2.37. The number of anilines is 1. The second-order valence-corrected chi connectivity index (χ2v) is 7.39. The Bertz CT molecular complexity index is 755. The van der Waals surface area contributed by atoms with E-state index in [1.807, 2.05) is 0 Å². The highest BCUT2D eigenvalue weighted by Gasteiger charge is 2.29. The summed E-state index contributed by atoms with van der Waals surface area (Å²) in [5, 5.41) is 1.70. The molecule has 1 saturated heterocycles. The molecule has 1 aromatic carbocycles. The van der Waals surface area contributed by atoms with Gasteiger partial charge < -0.3 is 21.1 Å². The Balaban J connectivity index is 1.98. The van der Waals surface area contributed by atoms with Gasteiger partial charge in [0.15, 0.2) is 0 Å². The van der Waals surface area contributed by atoms with Gasteiger partial charge in [0.05, 0.1) is 23.8 Å². The number of nitrogens with two attached hydrogens (primary N) is 2. The van der Waals surface area contributed by atoms with Crippen molar-refractivity contribution in [3.05, 3.63) is 35.1 Å². The molecule has 2 heterocycles. The minimum atomic E-state index is -1.17. The molecule has 8 heteroatoms. The lowest BCUT2D eigenvalue weighted by Crippen LogP contribution is -2.51. The lowest BCUT2D eigenvalue weighted by atomic mass is 9.99. The maximum Gasteiger partial charge on any atom is 0.237 e. The highest BCUT2D eigenvalue weighted by atomic mass is 32.1. The molecule has 6 nitrogen and oxygen atoms in total. The van der Waals surface area contributed by atoms with Crippen LogP contribution in [0.5, 0.6) is 0 Å². The standard InChI is InChI=1S/C17H21FN4O2S/c1-17(20,16(19)23)10-13-21-14(11-2-4-12(18)5-3-11)15(25-13)22-6-8-24-9-7-22/h2-5H,6-10,20H2,1H3,(H2,19,23). The normalized spacial score (nSPS) is 17.3. The van der Waals surface area contributed by atoms with Crippen molar-refractivity contribution in [3.63, 3.8) is 0 Å². The number of primary amides is 1. The number of carbonyl (C=O) groups excluding carboxylic acids is 1. The van der Waals surface area contributed by atoms with E-state index in [1.54, 1.807) is 19.1 Å². The fourth-order valence-corrected chi connectivity index (χ4v) is 3.91. The van der Waals surface area contributed by atoms with E-state index in [0.29, 0.717) is 13.2 Å². The Kier molecular flexibility index (Phi) is 5.03. The van der Waals surface area contributed by atoms with Crippen LogP contribution in [-0.2, 0) is 16.0 Å². The molecular weight excluding hydrogens is 343 g/mol. The molecule has 2 aromatic rings. The summed E-state index contributed by atoms with van der Waals surface area (Å²) < 4.78 is 18.7. The molecule has 1 fully saturated rings. The Morgan fingerprint density at radius 2 is 2.00 bits per heavy atom. The molecule has 1 aromatic heterocycles. The first kappa shape index (κ1) is 17.8. The Morgan fingerprint density at radius 3 is 2.60 bits per heavy atom. The van der Waals surface area contributed by atoms with Gasteiger partial charge in [-0.05, 0) is 31.2 Å². The number of hydrogen-bond donors (Lipinski definition) is 2. The molecule has 0 radical (unpaired) electrons. The molecule has 1 unspecified atom stereocenters. The van der Waals surface area contributed by atoms with Crippen molar-refractivity contribution in [3.8, 4) is 11.3 Å². The van der Waals surface area contributed by atoms with Crippen molar-refractivity contribution in [2.24, 2.45) is 11.5 Å². The predicted octanol–water partition coefficient (Wildman–Crippen LogP) is 1.53. The van der Waals surface area contributed by atoms with Crippen LogP contribution in [0.2, 0.25) is 0 Å². The molecule has 1 aliphatic rings. The largest absolute Gasteiger partial charge is 0.378 e. The van der Waals surface area contributed by atoms with Crippen molar-refractivity contribution in [2.75, 3.05) is 31.2 Å². The average molecular weight is 364 g/mol. The monoisotopic (exact) mass is 364 g/mol. The van der Waals surface area contributed by atoms with E-state index in [2.05, 4.69) is 9.88 Å². The molecule has 0 saturated carbocycles. The van der Waals surface area contributed by atoms with E-state index in [9.17, 15) is 9.18 Å². The maximum absolute atomic E-state index is 13.3. The quantitative estimate of drug-likeness (QED) is 0.839. The lowest BCUT2D eigenvalue weighted by molar-refractivity contribution is -0.122. The van der Waals surface area contributed by atoms with E-state index in [0.717, 1.165) is 34.4 Å². The van der Waals surface area contributed by atoms with Crippen molar-refractivity contribution < 1.29 is 13.9 Å². The topological polar surface area (TPSA) is 94.5 Å². The minimum absolute atomic E-state index is 0.255. The van der Waals surface area contributed by atoms with Crippen molar-refractivity contribution in [1.29, 1.82) is 0 Å². The summed E-state index contributed by atoms with van der Waals surface area (Å²) in [5.41, 5.74) is 11.8. The molecule has 1 aliphatic heterocycles. The molecule has 0 spiro atoms. The number of halogens is 1. The molecule has 0 aliphatic carbocycles. The summed E-state index contributed by atoms with van der Waals surface area (Å²) >= 11 is 1.49. The first-order chi connectivity index (χ1) is 11.9. The lowest BCUT2D eigenvalue weighted by Gasteiger charge is -2.28. The van der Waals surface area contributed by atoms with Gasteiger partial charge in [-0.25, -0.2) is 9.37 Å². The van der Waals surface area contributed by atoms with Gasteiger partial charge in [0.25, 0.3) is 0 Å². The van der Waals surface area contributed by atoms with Crippen LogP contribution in [0.4, 0.5) is 9.39 Å². The van der Waals surface area contributed by atoms with E-state index in [-0.39, 0.29) is 12.2 Å². The third kappa shape index (κ3) is 3.97. The molecule has 4 N–H and O–H groups in total. The summed E-state index contributed by atoms with van der Waals surface area (Å²) in [6.45, 7) is 4.40. The van der Waals surface area contributed by atoms with Crippen molar-refractivity contribution in [1.82, 2.24) is 4.98 Å². The average Bonchev–Trinajstić information content (AvgIpc) is 2.99. The number of morpholine rings is 1. The number of hydrogen-bond acceptors (Lipinski definition) is 6. The fraction of sp³-hybridized carbons (Fsp3) is 0.412. The smallest absolute Gasteiger partial charge is 0.237 e. The van der Waals surface area contributed by atoms with Crippen LogP contribution in [0.15, 0.2) is 24.3 Å². The second-order valence-electron chi connectivity index (χ2n) is 6.33. The van der Waals surface area contributed by atoms with Crippen LogP contribution in [0.3, 0.4) is 0 Å². The zero-order chi connectivity index (χ0) is 18.0. The van der Waals surface area contributed by atoms with Crippen LogP contribution in [-0.4, -0.2) is 42.7 Å². The first-order valence-corrected chi connectivity index (χ1v) is 8.85. The summed E-state index contributed by atoms with van der Waals surface area (Å²) in [7, 11) is 0. The van der Waals surface area contributed by atoms with Gasteiger partial charge >= 0.3 is 0 Å². The van der Waals surface area contributed by atoms with E-state index >= 15 is 0 Å². The van der Waals surface area contributed by atoms with Crippen LogP contribution in [0, 0.1) is 5.82 Å². The summed E-state index contributed by atoms with van der Waals surface area (Å²) in [6, 6.07) is 6.23. The van der Waals surface area contributed by atoms with Gasteiger partial charge in [-0.2, -0.15) is 0 Å². The van der Waals surface area contributed by atoms with Crippen molar-refractivity contribution in [2.45, 2.75) is 18.9 Å². The van der Waals surface area contributed by atoms with E-state index < -0.39 is 11.4 Å². The van der Waals surface area contributed by atoms with Gasteiger partial charge in [0.1, 0.15) is 16.5 Å². The highest BCUT2D eigenvalue weighted by molar-refractivity contribution is 7.16. The number of carbonyl (C=O) groups is 1. The van der Waals surface area contributed by atoms with Gasteiger partial charge in [-0.1, -0.05) is 0 Å². The number of aromatic nitrogens is 1. The van der Waals surface area contributed by atoms with Gasteiger partial charge in [0.2, 0.25) is 5.91 Å². The number of benzene rings is 1. The Morgan fingerprint density at radius 1 is 1.36 bits per heavy atom. The van der Waals surface area contributed by atoms with E-state index in [4.69, 9.17) is 16.2 Å². The van der Waals surface area contributed by atoms with Gasteiger partial charge in [-0.15, -0.1) is 11.3 Å². The number of rotatable bonds is 5. The summed E-state index contributed by atoms with van der Waals surface area (Å²) in [5.74, 6) is -0.866. The molecule has 0 bridgehead atoms. The molecule has 1 amide bonds. The molecule has 25 heavy (non-hydrogen) atoms. The van der Waals surface area contributed by atoms with Gasteiger partial charge in [0, 0.05) is 25.1 Å². The minimum Gasteiger partial charge on any atom is -0.378 e. The maximum atomic E-state index is 13.3. The SMILES string of the molecule is CC(N)(Cc1nc(-c2ccc(F)cc2)c(N2CCOCC2)s1)C(N)=O. The first-order valence-electron chi connectivity index (χ1n) is 8.04. The molecular formula is C17H21FN4O2S. The molecule has 134 valence electrons. The number of nitrogens with zero attached hydrogens (tertiary/aromatic N) is 2. The third-order valence-corrected chi connectivity index (χ3v) is 5.27. The third-order valence-electron chi connectivity index (χ3n) is 4.15. The van der Waals surface area contributed by atoms with E-state index in [1.165, 1.54) is 23.5 Å². The molecule has 1 atom stereocenters. The van der Waals surface area contributed by atoms with Crippen LogP contribution < -0.4 is 16.4 Å². The fourth-order valence-electron chi connectivity index (χ4n) is 2.61. The van der Waals surface area contributed by atoms with Crippen LogP contribution in [0.1, 0.15) is 11.9 Å². The number of amides is 1. The van der Waals surface area contributed by atoms with Crippen molar-refractivity contribution >= 4 is 22.2 Å². The zero-order valence-electron chi connectivity index (χ0n) is 14.0. The van der Waals surface area contributed by atoms with Crippen LogP contribution in [0.25, 0.3) is 11.3 Å². The second kappa shape index (κ2) is 7.07. The number of ether oxygens (including phenoxy) is 1. The Hall–Kier alpha value is -2.03. The van der Waals surface area contributed by atoms with Crippen LogP contribution >= 0.6 is 11.3 Å². The summed E-state index contributed by atoms with van der Waals surface area (Å²) in [6.07, 6.45) is 0.255. The zero-order valence-corrected chi connectivity index (χ0v) is 14.8. The summed E-state index contributed by atoms with van der Waals surface area (Å²) in [4.78, 5) is 18.4. The number of thiazole rings is 1. The molecule has 3 rings (SSSR count). The Labute approximate surface area is 149 Å². The van der Waals surface area contributed by atoms with Gasteiger partial charge in [-0.3, -0.25) is 4.79 Å². The predicted molar refractivity (Wildman–Crippen MR) is 96.0 cm³/mol.